The number of hydrogen-bond donors (Lipinski definition) is 1. The summed E-state index contributed by atoms with van der Waals surface area (Å²) in [6.45, 7) is 5.75. The number of amides is 1. The summed E-state index contributed by atoms with van der Waals surface area (Å²) < 4.78 is 4.89. The second-order valence-corrected chi connectivity index (χ2v) is 7.01. The Morgan fingerprint density at radius 3 is 2.58 bits per heavy atom. The van der Waals surface area contributed by atoms with E-state index in [2.05, 4.69) is 10.3 Å². The van der Waals surface area contributed by atoms with Crippen molar-refractivity contribution in [1.82, 2.24) is 4.98 Å². The number of hydrogen-bond acceptors (Lipinski definition) is 5. The van der Waals surface area contributed by atoms with Crippen LogP contribution in [-0.4, -0.2) is 23.5 Å². The predicted octanol–water partition coefficient (Wildman–Crippen LogP) is 3.82. The zero-order chi connectivity index (χ0) is 17.7. The van der Waals surface area contributed by atoms with Gasteiger partial charge >= 0.3 is 5.97 Å². The first-order chi connectivity index (χ1) is 11.3. The number of carbonyl (C=O) groups excluding carboxylic acids is 2. The summed E-state index contributed by atoms with van der Waals surface area (Å²) in [5.74, 6) is -0.510. The highest BCUT2D eigenvalue weighted by Gasteiger charge is 2.30. The molecule has 0 unspecified atom stereocenters. The van der Waals surface area contributed by atoms with Crippen molar-refractivity contribution >= 4 is 39.9 Å². The Hall–Kier alpha value is -1.92. The third kappa shape index (κ3) is 4.55. The molecule has 24 heavy (non-hydrogen) atoms. The van der Waals surface area contributed by atoms with Gasteiger partial charge in [0.2, 0.25) is 5.91 Å². The normalized spacial score (nSPS) is 11.2. The summed E-state index contributed by atoms with van der Waals surface area (Å²) in [7, 11) is 0. The number of nitrogens with zero attached hydrogens (tertiary/aromatic N) is 1. The highest BCUT2D eigenvalue weighted by atomic mass is 35.5. The van der Waals surface area contributed by atoms with Gasteiger partial charge in [0.25, 0.3) is 0 Å². The Morgan fingerprint density at radius 2 is 1.96 bits per heavy atom. The Bertz CT molecular complexity index is 726. The third-order valence-corrected chi connectivity index (χ3v) is 4.60. The van der Waals surface area contributed by atoms with Crippen molar-refractivity contribution < 1.29 is 14.3 Å². The molecule has 128 valence electrons. The predicted molar refractivity (Wildman–Crippen MR) is 95.6 cm³/mol. The number of thiazole rings is 1. The lowest BCUT2D eigenvalue weighted by atomic mass is 9.84. The molecule has 0 radical (unpaired) electrons. The van der Waals surface area contributed by atoms with Crippen molar-refractivity contribution in [2.75, 3.05) is 11.9 Å². The topological polar surface area (TPSA) is 68.3 Å². The molecule has 7 heteroatoms. The lowest BCUT2D eigenvalue weighted by Gasteiger charge is -2.23. The van der Waals surface area contributed by atoms with E-state index in [0.717, 1.165) is 5.56 Å². The summed E-state index contributed by atoms with van der Waals surface area (Å²) >= 11 is 7.17. The van der Waals surface area contributed by atoms with Crippen LogP contribution in [0.1, 0.15) is 32.0 Å². The largest absolute Gasteiger partial charge is 0.466 e. The number of halogens is 1. The molecule has 2 aromatic rings. The van der Waals surface area contributed by atoms with E-state index >= 15 is 0 Å². The van der Waals surface area contributed by atoms with Crippen molar-refractivity contribution in [3.8, 4) is 0 Å². The van der Waals surface area contributed by atoms with Crippen molar-refractivity contribution in [1.29, 1.82) is 0 Å². The van der Waals surface area contributed by atoms with Crippen LogP contribution in [-0.2, 0) is 26.2 Å². The number of nitrogens with one attached hydrogen (secondary N) is 1. The molecule has 1 N–H and O–H groups in total. The molecular weight excluding hydrogens is 348 g/mol. The minimum Gasteiger partial charge on any atom is -0.466 e. The molecular formula is C17H19ClN2O3S. The van der Waals surface area contributed by atoms with Gasteiger partial charge in [0, 0.05) is 10.4 Å². The molecule has 0 aliphatic rings. The van der Waals surface area contributed by atoms with Gasteiger partial charge in [-0.05, 0) is 38.5 Å². The van der Waals surface area contributed by atoms with Crippen LogP contribution in [0.25, 0.3) is 0 Å². The minimum absolute atomic E-state index is 0.0980. The van der Waals surface area contributed by atoms with Gasteiger partial charge in [0.15, 0.2) is 5.13 Å². The summed E-state index contributed by atoms with van der Waals surface area (Å²) in [5, 5.41) is 5.63. The van der Waals surface area contributed by atoms with E-state index in [0.29, 0.717) is 22.5 Å². The maximum atomic E-state index is 12.6. The standard InChI is InChI=1S/C17H19ClN2O3S/c1-4-23-14(21)9-13-10-24-16(19-13)20-15(22)17(2,3)11-5-7-12(18)8-6-11/h5-8,10H,4,9H2,1-3H3,(H,19,20,22). The number of anilines is 1. The molecule has 1 heterocycles. The highest BCUT2D eigenvalue weighted by molar-refractivity contribution is 7.13. The number of ether oxygens (including phenoxy) is 1. The molecule has 1 amide bonds. The van der Waals surface area contributed by atoms with E-state index in [1.165, 1.54) is 11.3 Å². The second kappa shape index (κ2) is 7.77. The molecule has 5 nitrogen and oxygen atoms in total. The molecule has 0 fully saturated rings. The van der Waals surface area contributed by atoms with Gasteiger partial charge < -0.3 is 10.1 Å². The maximum Gasteiger partial charge on any atom is 0.311 e. The summed E-state index contributed by atoms with van der Waals surface area (Å²) in [6.07, 6.45) is 0.0980. The van der Waals surface area contributed by atoms with E-state index in [4.69, 9.17) is 16.3 Å². The van der Waals surface area contributed by atoms with Crippen LogP contribution in [0.2, 0.25) is 5.02 Å². The van der Waals surface area contributed by atoms with Crippen molar-refractivity contribution in [2.24, 2.45) is 0 Å². The highest BCUT2D eigenvalue weighted by Crippen LogP contribution is 2.27. The smallest absolute Gasteiger partial charge is 0.311 e. The van der Waals surface area contributed by atoms with Gasteiger partial charge in [-0.2, -0.15) is 0 Å². The van der Waals surface area contributed by atoms with Crippen LogP contribution < -0.4 is 5.32 Å². The molecule has 0 saturated carbocycles. The van der Waals surface area contributed by atoms with Crippen molar-refractivity contribution in [2.45, 2.75) is 32.6 Å². The lowest BCUT2D eigenvalue weighted by Crippen LogP contribution is -2.34. The van der Waals surface area contributed by atoms with Crippen LogP contribution in [0.5, 0.6) is 0 Å². The molecule has 0 aliphatic carbocycles. The second-order valence-electron chi connectivity index (χ2n) is 5.71. The number of rotatable bonds is 6. The van der Waals surface area contributed by atoms with Crippen LogP contribution in [0.4, 0.5) is 5.13 Å². The Morgan fingerprint density at radius 1 is 1.29 bits per heavy atom. The molecule has 0 saturated heterocycles. The van der Waals surface area contributed by atoms with E-state index in [9.17, 15) is 9.59 Å². The Labute approximate surface area is 150 Å². The van der Waals surface area contributed by atoms with E-state index in [1.807, 2.05) is 26.0 Å². The molecule has 2 rings (SSSR count). The Kier molecular flexibility index (Phi) is 5.96. The third-order valence-electron chi connectivity index (χ3n) is 3.54. The number of benzene rings is 1. The zero-order valence-corrected chi connectivity index (χ0v) is 15.3. The first-order valence-corrected chi connectivity index (χ1v) is 8.76. The molecule has 1 aromatic carbocycles. The minimum atomic E-state index is -0.739. The summed E-state index contributed by atoms with van der Waals surface area (Å²) in [6, 6.07) is 7.17. The fourth-order valence-electron chi connectivity index (χ4n) is 2.06. The van der Waals surface area contributed by atoms with E-state index in [1.54, 1.807) is 24.4 Å². The molecule has 0 aliphatic heterocycles. The molecule has 1 aromatic heterocycles. The van der Waals surface area contributed by atoms with Gasteiger partial charge in [-0.15, -0.1) is 11.3 Å². The number of aromatic nitrogens is 1. The monoisotopic (exact) mass is 366 g/mol. The fourth-order valence-corrected chi connectivity index (χ4v) is 2.89. The average Bonchev–Trinajstić information content (AvgIpc) is 2.94. The zero-order valence-electron chi connectivity index (χ0n) is 13.8. The van der Waals surface area contributed by atoms with Crippen LogP contribution in [0.15, 0.2) is 29.6 Å². The maximum absolute atomic E-state index is 12.6. The molecule has 0 bridgehead atoms. The van der Waals surface area contributed by atoms with Gasteiger partial charge in [-0.25, -0.2) is 4.98 Å². The fraction of sp³-hybridized carbons (Fsp3) is 0.353. The number of carbonyl (C=O) groups is 2. The molecule has 0 spiro atoms. The van der Waals surface area contributed by atoms with E-state index in [-0.39, 0.29) is 18.3 Å². The van der Waals surface area contributed by atoms with Crippen molar-refractivity contribution in [3.63, 3.8) is 0 Å². The first kappa shape index (κ1) is 18.4. The first-order valence-electron chi connectivity index (χ1n) is 7.50. The quantitative estimate of drug-likeness (QED) is 0.789. The van der Waals surface area contributed by atoms with Gasteiger partial charge in [-0.3, -0.25) is 9.59 Å². The SMILES string of the molecule is CCOC(=O)Cc1csc(NC(=O)C(C)(C)c2ccc(Cl)cc2)n1. The van der Waals surface area contributed by atoms with Crippen molar-refractivity contribution in [3.05, 3.63) is 45.9 Å². The van der Waals surface area contributed by atoms with Gasteiger partial charge in [0.05, 0.1) is 24.1 Å². The number of esters is 1. The Balaban J connectivity index is 2.05. The summed E-state index contributed by atoms with van der Waals surface area (Å²) in [5.41, 5.74) is 0.697. The van der Waals surface area contributed by atoms with Gasteiger partial charge in [-0.1, -0.05) is 23.7 Å². The van der Waals surface area contributed by atoms with Crippen LogP contribution in [0, 0.1) is 0 Å². The van der Waals surface area contributed by atoms with Crippen LogP contribution in [0.3, 0.4) is 0 Å². The summed E-state index contributed by atoms with van der Waals surface area (Å²) in [4.78, 5) is 28.3. The van der Waals surface area contributed by atoms with Gasteiger partial charge in [0.1, 0.15) is 0 Å². The van der Waals surface area contributed by atoms with E-state index < -0.39 is 5.41 Å². The van der Waals surface area contributed by atoms with Crippen LogP contribution >= 0.6 is 22.9 Å². The average molecular weight is 367 g/mol. The molecule has 0 atom stereocenters. The lowest BCUT2D eigenvalue weighted by molar-refractivity contribution is -0.142.